The van der Waals surface area contributed by atoms with Crippen LogP contribution in [-0.4, -0.2) is 56.6 Å². The number of hydrogen-bond acceptors (Lipinski definition) is 6. The number of esters is 1. The fourth-order valence-electron chi connectivity index (χ4n) is 3.33. The molecule has 1 fully saturated rings. The molecule has 31 heavy (non-hydrogen) atoms. The molecule has 0 radical (unpaired) electrons. The van der Waals surface area contributed by atoms with Crippen molar-refractivity contribution in [3.63, 3.8) is 0 Å². The van der Waals surface area contributed by atoms with Gasteiger partial charge in [-0.2, -0.15) is 0 Å². The number of ether oxygens (including phenoxy) is 1. The molecular weight excluding hydrogens is 404 g/mol. The summed E-state index contributed by atoms with van der Waals surface area (Å²) in [6.07, 6.45) is 3.91. The molecule has 1 aromatic carbocycles. The minimum atomic E-state index is -0.758. The molecule has 1 aliphatic heterocycles. The molecule has 2 amide bonds. The third kappa shape index (κ3) is 8.41. The second-order valence-electron chi connectivity index (χ2n) is 7.20. The summed E-state index contributed by atoms with van der Waals surface area (Å²) in [5.74, 6) is -1.70. The molecule has 1 aromatic rings. The number of amides is 2. The number of halogens is 1. The van der Waals surface area contributed by atoms with Crippen molar-refractivity contribution in [2.75, 3.05) is 19.6 Å². The summed E-state index contributed by atoms with van der Waals surface area (Å²) in [7, 11) is 0.645. The number of hydrogen-bond donors (Lipinski definition) is 3. The van der Waals surface area contributed by atoms with Gasteiger partial charge in [-0.25, -0.2) is 0 Å². The van der Waals surface area contributed by atoms with E-state index in [1.807, 2.05) is 0 Å². The molecule has 0 bridgehead atoms. The number of nitrogens with one attached hydrogen (secondary N) is 3. The second-order valence-corrected chi connectivity index (χ2v) is 7.20. The Hall–Kier alpha value is -2.88. The van der Waals surface area contributed by atoms with E-state index >= 15 is 0 Å². The van der Waals surface area contributed by atoms with Crippen LogP contribution in [-0.2, 0) is 30.2 Å². The maximum atomic E-state index is 13.2. The van der Waals surface area contributed by atoms with Crippen LogP contribution in [0.15, 0.2) is 36.4 Å². The van der Waals surface area contributed by atoms with Gasteiger partial charge in [0.25, 0.3) is 0 Å². The number of benzene rings is 1. The standard InChI is InChI=1S/C21H27BFN3O5/c1-2-31-19(27)8-7-17(12-15-9-10-24-20(15)28)26-21(29)18(25-13-22-30)11-14-3-5-16(23)6-4-14/h3-8,15,17-18,25H,2,9-13H2,1H3,(H,24,28)(H,26,29)/t15-,17+,18-/m0/s1. The molecule has 1 heterocycles. The van der Waals surface area contributed by atoms with Crippen molar-refractivity contribution in [3.8, 4) is 0 Å². The maximum absolute atomic E-state index is 13.2. The number of carbonyl (C=O) groups excluding carboxylic acids is 3. The topological polar surface area (TPSA) is 114 Å². The van der Waals surface area contributed by atoms with Crippen molar-refractivity contribution in [2.24, 2.45) is 5.92 Å². The van der Waals surface area contributed by atoms with E-state index in [2.05, 4.69) is 16.0 Å². The fraction of sp³-hybridized carbons (Fsp3) is 0.476. The van der Waals surface area contributed by atoms with E-state index in [0.29, 0.717) is 32.1 Å². The van der Waals surface area contributed by atoms with Gasteiger partial charge >= 0.3 is 181 Å². The average Bonchev–Trinajstić information content (AvgIpc) is 3.15. The molecule has 2 rings (SSSR count). The van der Waals surface area contributed by atoms with Gasteiger partial charge in [0.1, 0.15) is 0 Å². The van der Waals surface area contributed by atoms with Crippen molar-refractivity contribution in [1.82, 2.24) is 16.0 Å². The van der Waals surface area contributed by atoms with Crippen LogP contribution in [0.1, 0.15) is 25.3 Å². The first kappa shape index (κ1) is 24.4. The summed E-state index contributed by atoms with van der Waals surface area (Å²) in [5, 5.41) is 8.45. The fourth-order valence-corrected chi connectivity index (χ4v) is 3.33. The Morgan fingerprint density at radius 1 is 1.35 bits per heavy atom. The molecule has 1 saturated heterocycles. The Kier molecular flexibility index (Phi) is 10.0. The molecule has 1 aliphatic rings. The van der Waals surface area contributed by atoms with Gasteiger partial charge in [-0.3, -0.25) is 0 Å². The van der Waals surface area contributed by atoms with Gasteiger partial charge in [0.05, 0.1) is 0 Å². The Bertz CT molecular complexity index is 803. The van der Waals surface area contributed by atoms with E-state index in [4.69, 9.17) is 4.74 Å². The molecule has 3 atom stereocenters. The first-order valence-corrected chi connectivity index (χ1v) is 10.3. The van der Waals surface area contributed by atoms with Gasteiger partial charge < -0.3 is 0 Å². The van der Waals surface area contributed by atoms with Gasteiger partial charge in [-0.05, 0) is 0 Å². The molecule has 0 saturated carbocycles. The number of rotatable bonds is 12. The van der Waals surface area contributed by atoms with Crippen molar-refractivity contribution in [2.45, 2.75) is 38.3 Å². The average molecular weight is 431 g/mol. The van der Waals surface area contributed by atoms with E-state index in [-0.39, 0.29) is 37.1 Å². The SMILES string of the molecule is CCOC(=O)C=C[C@H](C[C@@H]1CCNC1=O)NC(=O)[C@H](Cc1ccc(F)cc1)NCB=O. The summed E-state index contributed by atoms with van der Waals surface area (Å²) in [4.78, 5) is 36.6. The Labute approximate surface area is 181 Å². The van der Waals surface area contributed by atoms with E-state index < -0.39 is 24.0 Å². The van der Waals surface area contributed by atoms with Crippen LogP contribution in [0, 0.1) is 11.7 Å². The van der Waals surface area contributed by atoms with Crippen molar-refractivity contribution < 1.29 is 28.2 Å². The molecule has 8 nitrogen and oxygen atoms in total. The van der Waals surface area contributed by atoms with E-state index in [0.717, 1.165) is 0 Å². The van der Waals surface area contributed by atoms with Gasteiger partial charge in [0, 0.05) is 0 Å². The molecule has 166 valence electrons. The Morgan fingerprint density at radius 3 is 2.71 bits per heavy atom. The molecular formula is C21H27BFN3O5. The zero-order valence-electron chi connectivity index (χ0n) is 17.4. The predicted molar refractivity (Wildman–Crippen MR) is 112 cm³/mol. The molecule has 10 heteroatoms. The third-order valence-corrected chi connectivity index (χ3v) is 4.90. The third-order valence-electron chi connectivity index (χ3n) is 4.90. The van der Waals surface area contributed by atoms with Crippen molar-refractivity contribution in [3.05, 3.63) is 47.8 Å². The second kappa shape index (κ2) is 12.7. The van der Waals surface area contributed by atoms with Crippen LogP contribution in [0.25, 0.3) is 0 Å². The summed E-state index contributed by atoms with van der Waals surface area (Å²) >= 11 is 0. The molecule has 3 N–H and O–H groups in total. The summed E-state index contributed by atoms with van der Waals surface area (Å²) < 4.78 is 28.9. The molecule has 0 aromatic heterocycles. The van der Waals surface area contributed by atoms with Crippen LogP contribution in [0.4, 0.5) is 4.39 Å². The summed E-state index contributed by atoms with van der Waals surface area (Å²) in [5.41, 5.74) is 0.716. The van der Waals surface area contributed by atoms with E-state index in [1.54, 1.807) is 19.1 Å². The summed E-state index contributed by atoms with van der Waals surface area (Å²) in [6.45, 7) is 2.48. The van der Waals surface area contributed by atoms with Crippen LogP contribution in [0.3, 0.4) is 0 Å². The predicted octanol–water partition coefficient (Wildman–Crippen LogP) is 0.464. The first-order chi connectivity index (χ1) is 14.9. The van der Waals surface area contributed by atoms with Crippen molar-refractivity contribution in [1.29, 1.82) is 0 Å². The van der Waals surface area contributed by atoms with Crippen LogP contribution >= 0.6 is 0 Å². The Morgan fingerprint density at radius 2 is 2.10 bits per heavy atom. The monoisotopic (exact) mass is 431 g/mol. The van der Waals surface area contributed by atoms with E-state index in [9.17, 15) is 23.5 Å². The number of carbonyl (C=O) groups is 3. The quantitative estimate of drug-likeness (QED) is 0.252. The van der Waals surface area contributed by atoms with Gasteiger partial charge in [-0.1, -0.05) is 0 Å². The van der Waals surface area contributed by atoms with Crippen LogP contribution in [0.2, 0.25) is 0 Å². The molecule has 0 spiro atoms. The molecule has 0 aliphatic carbocycles. The van der Waals surface area contributed by atoms with Crippen LogP contribution < -0.4 is 16.0 Å². The van der Waals surface area contributed by atoms with Gasteiger partial charge in [0.15, 0.2) is 0 Å². The van der Waals surface area contributed by atoms with Gasteiger partial charge in [0.2, 0.25) is 0 Å². The molecule has 0 unspecified atom stereocenters. The van der Waals surface area contributed by atoms with E-state index in [1.165, 1.54) is 24.3 Å². The van der Waals surface area contributed by atoms with Crippen molar-refractivity contribution >= 4 is 24.9 Å². The zero-order chi connectivity index (χ0) is 22.6. The first-order valence-electron chi connectivity index (χ1n) is 10.3. The zero-order valence-corrected chi connectivity index (χ0v) is 17.4. The Balaban J connectivity index is 2.11. The van der Waals surface area contributed by atoms with Crippen LogP contribution in [0.5, 0.6) is 0 Å². The normalized spacial score (nSPS) is 17.6. The summed E-state index contributed by atoms with van der Waals surface area (Å²) in [6, 6.07) is 4.39. The minimum absolute atomic E-state index is 0.0341. The van der Waals surface area contributed by atoms with Gasteiger partial charge in [-0.15, -0.1) is 0 Å².